The Labute approximate surface area is 164 Å². The van der Waals surface area contributed by atoms with Crippen LogP contribution in [0.1, 0.15) is 18.4 Å². The third kappa shape index (κ3) is 7.02. The molecule has 0 unspecified atom stereocenters. The highest BCUT2D eigenvalue weighted by Gasteiger charge is 2.20. The van der Waals surface area contributed by atoms with E-state index in [-0.39, 0.29) is 12.5 Å². The highest BCUT2D eigenvalue weighted by molar-refractivity contribution is 6.35. The molecule has 26 heavy (non-hydrogen) atoms. The van der Waals surface area contributed by atoms with E-state index >= 15 is 0 Å². The summed E-state index contributed by atoms with van der Waals surface area (Å²) in [4.78, 5) is 25.0. The second kappa shape index (κ2) is 10.6. The molecular weight excluding hydrogens is 377 g/mol. The van der Waals surface area contributed by atoms with E-state index in [0.29, 0.717) is 22.5 Å². The van der Waals surface area contributed by atoms with Crippen molar-refractivity contribution < 1.29 is 14.3 Å². The Morgan fingerprint density at radius 3 is 2.65 bits per heavy atom. The first-order chi connectivity index (χ1) is 12.5. The van der Waals surface area contributed by atoms with E-state index in [9.17, 15) is 9.59 Å². The topological polar surface area (TPSA) is 70.7 Å². The molecule has 1 aromatic carbocycles. The van der Waals surface area contributed by atoms with Crippen molar-refractivity contribution >= 4 is 35.2 Å². The van der Waals surface area contributed by atoms with Gasteiger partial charge in [0.1, 0.15) is 0 Å². The number of carbonyl (C=O) groups is 2. The zero-order valence-electron chi connectivity index (χ0n) is 14.9. The number of nitrogens with zero attached hydrogens (tertiary/aromatic N) is 1. The number of hydrogen-bond donors (Lipinski definition) is 2. The summed E-state index contributed by atoms with van der Waals surface area (Å²) >= 11 is 12.1. The van der Waals surface area contributed by atoms with Gasteiger partial charge in [-0.15, -0.1) is 0 Å². The van der Waals surface area contributed by atoms with Crippen LogP contribution in [-0.2, 0) is 16.0 Å². The standard InChI is InChI=1S/C18H25Cl2N3O3/c1-21-17(24)12-26-18(25)22-11-13-4-7-23(8-5-13)9-6-14-2-3-15(19)10-16(14)20/h2-3,10,13H,4-9,11-12H2,1H3,(H,21,24)(H,22,25). The van der Waals surface area contributed by atoms with E-state index in [4.69, 9.17) is 27.9 Å². The number of benzene rings is 1. The lowest BCUT2D eigenvalue weighted by Gasteiger charge is -2.32. The van der Waals surface area contributed by atoms with Crippen molar-refractivity contribution in [3.8, 4) is 0 Å². The predicted octanol–water partition coefficient (Wildman–Crippen LogP) is 2.72. The molecule has 1 aromatic rings. The highest BCUT2D eigenvalue weighted by atomic mass is 35.5. The van der Waals surface area contributed by atoms with Crippen molar-refractivity contribution in [2.75, 3.05) is 39.8 Å². The zero-order chi connectivity index (χ0) is 18.9. The van der Waals surface area contributed by atoms with Crippen LogP contribution in [0.2, 0.25) is 10.0 Å². The van der Waals surface area contributed by atoms with Crippen molar-refractivity contribution in [3.05, 3.63) is 33.8 Å². The Hall–Kier alpha value is -1.50. The van der Waals surface area contributed by atoms with Crippen LogP contribution in [0.4, 0.5) is 4.79 Å². The molecule has 0 atom stereocenters. The Morgan fingerprint density at radius 2 is 2.00 bits per heavy atom. The van der Waals surface area contributed by atoms with Gasteiger partial charge in [-0.25, -0.2) is 4.79 Å². The molecule has 0 radical (unpaired) electrons. The lowest BCUT2D eigenvalue weighted by atomic mass is 9.96. The van der Waals surface area contributed by atoms with Crippen molar-refractivity contribution in [3.63, 3.8) is 0 Å². The van der Waals surface area contributed by atoms with Crippen LogP contribution >= 0.6 is 23.2 Å². The largest absolute Gasteiger partial charge is 0.439 e. The molecule has 1 saturated heterocycles. The van der Waals surface area contributed by atoms with E-state index in [2.05, 4.69) is 15.5 Å². The summed E-state index contributed by atoms with van der Waals surface area (Å²) in [5.74, 6) is 0.104. The van der Waals surface area contributed by atoms with Crippen LogP contribution in [0.25, 0.3) is 0 Å². The number of ether oxygens (including phenoxy) is 1. The molecule has 2 N–H and O–H groups in total. The van der Waals surface area contributed by atoms with Gasteiger partial charge in [-0.2, -0.15) is 0 Å². The number of hydrogen-bond acceptors (Lipinski definition) is 4. The quantitative estimate of drug-likeness (QED) is 0.736. The number of likely N-dealkylation sites (tertiary alicyclic amines) is 1. The van der Waals surface area contributed by atoms with Crippen molar-refractivity contribution in [2.45, 2.75) is 19.3 Å². The predicted molar refractivity (Wildman–Crippen MR) is 103 cm³/mol. The average molecular weight is 402 g/mol. The first kappa shape index (κ1) is 20.8. The van der Waals surface area contributed by atoms with Gasteiger partial charge in [0.25, 0.3) is 5.91 Å². The summed E-state index contributed by atoms with van der Waals surface area (Å²) in [7, 11) is 1.50. The second-order valence-corrected chi connectivity index (χ2v) is 7.24. The second-order valence-electron chi connectivity index (χ2n) is 6.40. The summed E-state index contributed by atoms with van der Waals surface area (Å²) in [6.07, 6.45) is 2.38. The minimum absolute atomic E-state index is 0.256. The fourth-order valence-corrected chi connectivity index (χ4v) is 3.40. The van der Waals surface area contributed by atoms with Crippen LogP contribution in [0.15, 0.2) is 18.2 Å². The van der Waals surface area contributed by atoms with Gasteiger partial charge in [0.2, 0.25) is 0 Å². The molecule has 2 rings (SSSR count). The Morgan fingerprint density at radius 1 is 1.27 bits per heavy atom. The molecule has 1 aliphatic heterocycles. The van der Waals surface area contributed by atoms with Crippen LogP contribution in [0, 0.1) is 5.92 Å². The first-order valence-electron chi connectivity index (χ1n) is 8.75. The third-order valence-electron chi connectivity index (χ3n) is 4.57. The number of rotatable bonds is 7. The SMILES string of the molecule is CNC(=O)COC(=O)NCC1CCN(CCc2ccc(Cl)cc2Cl)CC1. The van der Waals surface area contributed by atoms with E-state index in [0.717, 1.165) is 44.5 Å². The maximum atomic E-state index is 11.5. The molecule has 1 heterocycles. The third-order valence-corrected chi connectivity index (χ3v) is 5.15. The molecule has 0 aromatic heterocycles. The van der Waals surface area contributed by atoms with Crippen molar-refractivity contribution in [1.82, 2.24) is 15.5 Å². The van der Waals surface area contributed by atoms with Crippen LogP contribution in [0.5, 0.6) is 0 Å². The average Bonchev–Trinajstić information content (AvgIpc) is 2.64. The smallest absolute Gasteiger partial charge is 0.407 e. The first-order valence-corrected chi connectivity index (χ1v) is 9.51. The maximum Gasteiger partial charge on any atom is 0.407 e. The van der Waals surface area contributed by atoms with Gasteiger partial charge in [-0.05, 0) is 56.0 Å². The number of likely N-dealkylation sites (N-methyl/N-ethyl adjacent to an activating group) is 1. The fourth-order valence-electron chi connectivity index (χ4n) is 2.90. The number of nitrogens with one attached hydrogen (secondary N) is 2. The molecule has 144 valence electrons. The lowest BCUT2D eigenvalue weighted by Crippen LogP contribution is -2.40. The summed E-state index contributed by atoms with van der Waals surface area (Å²) in [6.45, 7) is 3.25. The molecule has 0 saturated carbocycles. The molecule has 6 nitrogen and oxygen atoms in total. The van der Waals surface area contributed by atoms with Gasteiger partial charge in [0, 0.05) is 30.2 Å². The van der Waals surface area contributed by atoms with Gasteiger partial charge in [-0.1, -0.05) is 29.3 Å². The van der Waals surface area contributed by atoms with E-state index in [1.165, 1.54) is 7.05 Å². The van der Waals surface area contributed by atoms with Gasteiger partial charge in [0.15, 0.2) is 6.61 Å². The van der Waals surface area contributed by atoms with E-state index in [1.807, 2.05) is 12.1 Å². The molecule has 0 aliphatic carbocycles. The van der Waals surface area contributed by atoms with Gasteiger partial charge >= 0.3 is 6.09 Å². The highest BCUT2D eigenvalue weighted by Crippen LogP contribution is 2.22. The number of halogens is 2. The Kier molecular flexibility index (Phi) is 8.48. The minimum Gasteiger partial charge on any atom is -0.439 e. The van der Waals surface area contributed by atoms with Crippen LogP contribution in [-0.4, -0.2) is 56.7 Å². The zero-order valence-corrected chi connectivity index (χ0v) is 16.4. The molecule has 1 aliphatic rings. The normalized spacial score (nSPS) is 15.5. The number of piperidine rings is 1. The molecule has 2 amide bonds. The number of carbonyl (C=O) groups excluding carboxylic acids is 2. The van der Waals surface area contributed by atoms with Gasteiger partial charge in [-0.3, -0.25) is 4.79 Å². The van der Waals surface area contributed by atoms with Crippen LogP contribution in [0.3, 0.4) is 0 Å². The summed E-state index contributed by atoms with van der Waals surface area (Å²) < 4.78 is 4.82. The maximum absolute atomic E-state index is 11.5. The molecule has 0 spiro atoms. The molecule has 8 heteroatoms. The molecule has 1 fully saturated rings. The minimum atomic E-state index is -0.548. The summed E-state index contributed by atoms with van der Waals surface area (Å²) in [5, 5.41) is 6.49. The Bertz CT molecular complexity index is 620. The van der Waals surface area contributed by atoms with Crippen molar-refractivity contribution in [2.24, 2.45) is 5.92 Å². The van der Waals surface area contributed by atoms with Gasteiger partial charge in [0.05, 0.1) is 0 Å². The Balaban J connectivity index is 1.62. The summed E-state index contributed by atoms with van der Waals surface area (Å²) in [5.41, 5.74) is 1.11. The lowest BCUT2D eigenvalue weighted by molar-refractivity contribution is -0.123. The molecule has 0 bridgehead atoms. The van der Waals surface area contributed by atoms with E-state index < -0.39 is 6.09 Å². The fraction of sp³-hybridized carbons (Fsp3) is 0.556. The number of alkyl carbamates (subject to hydrolysis) is 1. The monoisotopic (exact) mass is 401 g/mol. The van der Waals surface area contributed by atoms with Crippen LogP contribution < -0.4 is 10.6 Å². The number of amides is 2. The van der Waals surface area contributed by atoms with Gasteiger partial charge < -0.3 is 20.3 Å². The molecular formula is C18H25Cl2N3O3. The van der Waals surface area contributed by atoms with Crippen molar-refractivity contribution in [1.29, 1.82) is 0 Å². The summed E-state index contributed by atoms with van der Waals surface area (Å²) in [6, 6.07) is 5.62. The van der Waals surface area contributed by atoms with E-state index in [1.54, 1.807) is 6.07 Å².